The van der Waals surface area contributed by atoms with Crippen molar-refractivity contribution in [3.63, 3.8) is 0 Å². The number of aromatic nitrogens is 2. The third-order valence-electron chi connectivity index (χ3n) is 4.42. The number of imidazole rings is 1. The summed E-state index contributed by atoms with van der Waals surface area (Å²) in [4.78, 5) is 10.1. The number of nitrogens with one attached hydrogen (secondary N) is 1. The maximum Gasteiger partial charge on any atom is 0.119 e. The minimum atomic E-state index is 0.606. The zero-order chi connectivity index (χ0) is 15.4. The molecule has 22 heavy (non-hydrogen) atoms. The predicted molar refractivity (Wildman–Crippen MR) is 88.0 cm³/mol. The maximum atomic E-state index is 5.96. The van der Waals surface area contributed by atoms with Crippen LogP contribution in [0.3, 0.4) is 0 Å². The van der Waals surface area contributed by atoms with Crippen LogP contribution < -0.4 is 4.74 Å². The molecule has 0 bridgehead atoms. The van der Waals surface area contributed by atoms with E-state index in [9.17, 15) is 0 Å². The lowest BCUT2D eigenvalue weighted by atomic mass is 9.99. The van der Waals surface area contributed by atoms with Gasteiger partial charge < -0.3 is 9.72 Å². The van der Waals surface area contributed by atoms with Crippen molar-refractivity contribution in [3.8, 4) is 5.75 Å². The number of aryl methyl sites for hydroxylation is 2. The number of ether oxygens (including phenoxy) is 1. The number of hydrogen-bond donors (Lipinski definition) is 1. The standard InChI is InChI=1S/C18H25N3O/c1-14-5-7-17(8-6-14)22-12-16-4-3-9-21(10-16)11-18-15(2)19-13-20-18/h5-8,13,16H,3-4,9-12H2,1-2H3,(H,19,20). The largest absolute Gasteiger partial charge is 0.493 e. The maximum absolute atomic E-state index is 5.96. The lowest BCUT2D eigenvalue weighted by Gasteiger charge is -2.32. The van der Waals surface area contributed by atoms with Gasteiger partial charge >= 0.3 is 0 Å². The molecule has 118 valence electrons. The van der Waals surface area contributed by atoms with Crippen LogP contribution in [-0.4, -0.2) is 34.6 Å². The van der Waals surface area contributed by atoms with Crippen LogP contribution in [0.4, 0.5) is 0 Å². The van der Waals surface area contributed by atoms with Gasteiger partial charge in [0, 0.05) is 24.7 Å². The van der Waals surface area contributed by atoms with E-state index in [0.29, 0.717) is 5.92 Å². The van der Waals surface area contributed by atoms with Crippen LogP contribution in [-0.2, 0) is 6.54 Å². The second-order valence-corrected chi connectivity index (χ2v) is 6.34. The van der Waals surface area contributed by atoms with Gasteiger partial charge in [-0.25, -0.2) is 4.98 Å². The lowest BCUT2D eigenvalue weighted by molar-refractivity contribution is 0.124. The van der Waals surface area contributed by atoms with Crippen LogP contribution in [0, 0.1) is 19.8 Å². The fraction of sp³-hybridized carbons (Fsp3) is 0.500. The summed E-state index contributed by atoms with van der Waals surface area (Å²) in [6.45, 7) is 8.19. The molecule has 1 saturated heterocycles. The number of rotatable bonds is 5. The second-order valence-electron chi connectivity index (χ2n) is 6.34. The molecule has 0 aliphatic carbocycles. The normalized spacial score (nSPS) is 19.3. The summed E-state index contributed by atoms with van der Waals surface area (Å²) < 4.78 is 5.96. The van der Waals surface area contributed by atoms with Crippen LogP contribution >= 0.6 is 0 Å². The Labute approximate surface area is 132 Å². The zero-order valence-corrected chi connectivity index (χ0v) is 13.5. The van der Waals surface area contributed by atoms with Gasteiger partial charge in [0.2, 0.25) is 0 Å². The summed E-state index contributed by atoms with van der Waals surface area (Å²) in [5, 5.41) is 0. The van der Waals surface area contributed by atoms with Gasteiger partial charge in [0.15, 0.2) is 0 Å². The van der Waals surface area contributed by atoms with E-state index < -0.39 is 0 Å². The molecule has 0 spiro atoms. The Morgan fingerprint density at radius 1 is 1.27 bits per heavy atom. The van der Waals surface area contributed by atoms with Gasteiger partial charge in [0.05, 0.1) is 18.6 Å². The Bertz CT molecular complexity index is 591. The van der Waals surface area contributed by atoms with Gasteiger partial charge in [-0.2, -0.15) is 0 Å². The fourth-order valence-corrected chi connectivity index (χ4v) is 3.04. The third kappa shape index (κ3) is 3.89. The number of benzene rings is 1. The SMILES string of the molecule is Cc1ccc(OCC2CCCN(Cc3nc[nH]c3C)C2)cc1. The van der Waals surface area contributed by atoms with Gasteiger partial charge in [0.1, 0.15) is 5.75 Å². The summed E-state index contributed by atoms with van der Waals surface area (Å²) in [5.74, 6) is 1.58. The Balaban J connectivity index is 1.50. The molecular weight excluding hydrogens is 274 g/mol. The molecule has 1 unspecified atom stereocenters. The minimum Gasteiger partial charge on any atom is -0.493 e. The summed E-state index contributed by atoms with van der Waals surface area (Å²) in [7, 11) is 0. The molecule has 2 aromatic rings. The molecule has 1 fully saturated rings. The highest BCUT2D eigenvalue weighted by Crippen LogP contribution is 2.20. The van der Waals surface area contributed by atoms with Crippen LogP contribution in [0.2, 0.25) is 0 Å². The van der Waals surface area contributed by atoms with Gasteiger partial charge in [-0.05, 0) is 45.4 Å². The van der Waals surface area contributed by atoms with E-state index in [-0.39, 0.29) is 0 Å². The quantitative estimate of drug-likeness (QED) is 0.921. The van der Waals surface area contributed by atoms with Crippen molar-refractivity contribution in [1.29, 1.82) is 0 Å². The van der Waals surface area contributed by atoms with Crippen molar-refractivity contribution < 1.29 is 4.74 Å². The Hall–Kier alpha value is -1.81. The first kappa shape index (κ1) is 15.1. The number of nitrogens with zero attached hydrogens (tertiary/aromatic N) is 2. The summed E-state index contributed by atoms with van der Waals surface area (Å²) in [6, 6.07) is 8.32. The fourth-order valence-electron chi connectivity index (χ4n) is 3.04. The molecule has 1 aliphatic heterocycles. The molecule has 4 heteroatoms. The first-order valence-electron chi connectivity index (χ1n) is 8.11. The smallest absolute Gasteiger partial charge is 0.119 e. The zero-order valence-electron chi connectivity index (χ0n) is 13.5. The van der Waals surface area contributed by atoms with E-state index in [1.165, 1.54) is 29.8 Å². The minimum absolute atomic E-state index is 0.606. The van der Waals surface area contributed by atoms with E-state index in [1.807, 2.05) is 0 Å². The lowest BCUT2D eigenvalue weighted by Crippen LogP contribution is -2.37. The molecule has 0 radical (unpaired) electrons. The predicted octanol–water partition coefficient (Wildman–Crippen LogP) is 3.32. The Morgan fingerprint density at radius 2 is 2.09 bits per heavy atom. The number of H-pyrrole nitrogens is 1. The Morgan fingerprint density at radius 3 is 2.82 bits per heavy atom. The van der Waals surface area contributed by atoms with Crippen LogP contribution in [0.5, 0.6) is 5.75 Å². The summed E-state index contributed by atoms with van der Waals surface area (Å²) in [5.41, 5.74) is 3.61. The van der Waals surface area contributed by atoms with E-state index in [0.717, 1.165) is 32.0 Å². The average Bonchev–Trinajstić information content (AvgIpc) is 2.92. The van der Waals surface area contributed by atoms with Crippen LogP contribution in [0.1, 0.15) is 29.8 Å². The van der Waals surface area contributed by atoms with Crippen LogP contribution in [0.15, 0.2) is 30.6 Å². The van der Waals surface area contributed by atoms with Gasteiger partial charge in [-0.1, -0.05) is 17.7 Å². The van der Waals surface area contributed by atoms with E-state index in [1.54, 1.807) is 6.33 Å². The highest BCUT2D eigenvalue weighted by molar-refractivity contribution is 5.26. The molecule has 1 aromatic heterocycles. The van der Waals surface area contributed by atoms with Gasteiger partial charge in [0.25, 0.3) is 0 Å². The molecule has 2 heterocycles. The van der Waals surface area contributed by atoms with Crippen molar-refractivity contribution in [1.82, 2.24) is 14.9 Å². The van der Waals surface area contributed by atoms with Crippen molar-refractivity contribution in [2.45, 2.75) is 33.2 Å². The number of hydrogen-bond acceptors (Lipinski definition) is 3. The average molecular weight is 299 g/mol. The van der Waals surface area contributed by atoms with E-state index in [2.05, 4.69) is 53.0 Å². The van der Waals surface area contributed by atoms with E-state index >= 15 is 0 Å². The third-order valence-corrected chi connectivity index (χ3v) is 4.42. The topological polar surface area (TPSA) is 41.1 Å². The van der Waals surface area contributed by atoms with Crippen molar-refractivity contribution >= 4 is 0 Å². The van der Waals surface area contributed by atoms with Crippen LogP contribution in [0.25, 0.3) is 0 Å². The highest BCUT2D eigenvalue weighted by Gasteiger charge is 2.21. The molecule has 4 nitrogen and oxygen atoms in total. The molecule has 1 atom stereocenters. The second kappa shape index (κ2) is 6.97. The van der Waals surface area contributed by atoms with Crippen molar-refractivity contribution in [2.24, 2.45) is 5.92 Å². The molecule has 0 saturated carbocycles. The van der Waals surface area contributed by atoms with Gasteiger partial charge in [-0.15, -0.1) is 0 Å². The van der Waals surface area contributed by atoms with Gasteiger partial charge in [-0.3, -0.25) is 4.90 Å². The molecule has 1 aliphatic rings. The molecular formula is C18H25N3O. The summed E-state index contributed by atoms with van der Waals surface area (Å²) in [6.07, 6.45) is 4.28. The molecule has 1 aromatic carbocycles. The number of likely N-dealkylation sites (tertiary alicyclic amines) is 1. The molecule has 0 amide bonds. The first-order valence-corrected chi connectivity index (χ1v) is 8.11. The molecule has 1 N–H and O–H groups in total. The first-order chi connectivity index (χ1) is 10.7. The van der Waals surface area contributed by atoms with E-state index in [4.69, 9.17) is 4.74 Å². The molecule has 3 rings (SSSR count). The highest BCUT2D eigenvalue weighted by atomic mass is 16.5. The number of piperidine rings is 1. The number of aromatic amines is 1. The monoisotopic (exact) mass is 299 g/mol. The van der Waals surface area contributed by atoms with Crippen molar-refractivity contribution in [3.05, 3.63) is 47.5 Å². The van der Waals surface area contributed by atoms with Crippen molar-refractivity contribution in [2.75, 3.05) is 19.7 Å². The summed E-state index contributed by atoms with van der Waals surface area (Å²) >= 11 is 0. The Kier molecular flexibility index (Phi) is 4.78.